The summed E-state index contributed by atoms with van der Waals surface area (Å²) in [6.07, 6.45) is 8.35. The van der Waals surface area contributed by atoms with Crippen molar-refractivity contribution < 1.29 is 19.2 Å². The Bertz CT molecular complexity index is 413. The van der Waals surface area contributed by atoms with Crippen LogP contribution in [-0.2, 0) is 19.2 Å². The van der Waals surface area contributed by atoms with E-state index in [1.165, 1.54) is 31.4 Å². The molecule has 20 heavy (non-hydrogen) atoms. The zero-order valence-corrected chi connectivity index (χ0v) is 11.6. The highest BCUT2D eigenvalue weighted by Gasteiger charge is 2.29. The minimum Gasteiger partial charge on any atom is -0.296 e. The molecule has 2 rings (SSSR count). The number of rotatable bonds is 5. The van der Waals surface area contributed by atoms with E-state index in [0.717, 1.165) is 12.8 Å². The summed E-state index contributed by atoms with van der Waals surface area (Å²) in [4.78, 5) is 42.0. The number of carbonyl (C=O) groups is 4. The summed E-state index contributed by atoms with van der Waals surface area (Å²) in [7, 11) is 0. The fraction of sp³-hybridized carbons (Fsp3) is 0.571. The minimum absolute atomic E-state index is 0.0376. The Kier molecular flexibility index (Phi) is 6.63. The molecule has 2 aliphatic rings. The van der Waals surface area contributed by atoms with E-state index in [-0.39, 0.29) is 29.5 Å². The lowest BCUT2D eigenvalue weighted by Crippen LogP contribution is -2.21. The Morgan fingerprint density at radius 1 is 1.00 bits per heavy atom. The Morgan fingerprint density at radius 3 is 2.05 bits per heavy atom. The summed E-state index contributed by atoms with van der Waals surface area (Å²) in [6.45, 7) is 2.16. The molecule has 4 amide bonds. The first-order chi connectivity index (χ1) is 9.52. The van der Waals surface area contributed by atoms with Gasteiger partial charge in [0.1, 0.15) is 0 Å². The Balaban J connectivity index is 0.000000240. The maximum Gasteiger partial charge on any atom is 0.250 e. The maximum atomic E-state index is 11.1. The van der Waals surface area contributed by atoms with E-state index in [1.54, 1.807) is 0 Å². The van der Waals surface area contributed by atoms with E-state index in [2.05, 4.69) is 12.2 Å². The van der Waals surface area contributed by atoms with Gasteiger partial charge in [-0.3, -0.25) is 29.8 Å². The number of unbranched alkanes of at least 4 members (excludes halogenated alkanes) is 3. The molecule has 0 aliphatic carbocycles. The van der Waals surface area contributed by atoms with Crippen molar-refractivity contribution >= 4 is 23.6 Å². The van der Waals surface area contributed by atoms with Crippen LogP contribution in [0.3, 0.4) is 0 Å². The summed E-state index contributed by atoms with van der Waals surface area (Å²) < 4.78 is 0. The van der Waals surface area contributed by atoms with Gasteiger partial charge >= 0.3 is 0 Å². The SMILES string of the molecule is CCCCCCC1CC(=O)NC1=O.O=C1C=CC(=O)N1. The molecule has 1 atom stereocenters. The zero-order valence-electron chi connectivity index (χ0n) is 11.6. The second-order valence-electron chi connectivity index (χ2n) is 4.85. The van der Waals surface area contributed by atoms with E-state index in [0.29, 0.717) is 6.42 Å². The van der Waals surface area contributed by atoms with Crippen LogP contribution in [0.2, 0.25) is 0 Å². The summed E-state index contributed by atoms with van der Waals surface area (Å²) in [6, 6.07) is 0. The van der Waals surface area contributed by atoms with Gasteiger partial charge in [-0.1, -0.05) is 32.6 Å². The van der Waals surface area contributed by atoms with E-state index in [9.17, 15) is 19.2 Å². The van der Waals surface area contributed by atoms with Crippen molar-refractivity contribution in [3.63, 3.8) is 0 Å². The summed E-state index contributed by atoms with van der Waals surface area (Å²) in [5.41, 5.74) is 0. The highest BCUT2D eigenvalue weighted by molar-refractivity contribution is 6.12. The first-order valence-corrected chi connectivity index (χ1v) is 6.89. The molecule has 0 aromatic carbocycles. The van der Waals surface area contributed by atoms with Crippen molar-refractivity contribution in [2.45, 2.75) is 45.4 Å². The average Bonchev–Trinajstić information content (AvgIpc) is 2.91. The van der Waals surface area contributed by atoms with Crippen molar-refractivity contribution in [1.82, 2.24) is 10.6 Å². The number of hydrogen-bond acceptors (Lipinski definition) is 4. The smallest absolute Gasteiger partial charge is 0.250 e. The van der Waals surface area contributed by atoms with Crippen LogP contribution in [0.25, 0.3) is 0 Å². The van der Waals surface area contributed by atoms with Gasteiger partial charge in [-0.25, -0.2) is 0 Å². The molecule has 2 aliphatic heterocycles. The largest absolute Gasteiger partial charge is 0.296 e. The number of hydrogen-bond donors (Lipinski definition) is 2. The van der Waals surface area contributed by atoms with Crippen molar-refractivity contribution in [1.29, 1.82) is 0 Å². The van der Waals surface area contributed by atoms with Gasteiger partial charge in [0, 0.05) is 24.5 Å². The van der Waals surface area contributed by atoms with E-state index in [1.807, 2.05) is 5.32 Å². The zero-order chi connectivity index (χ0) is 15.0. The molecule has 6 nitrogen and oxygen atoms in total. The number of nitrogens with one attached hydrogen (secondary N) is 2. The van der Waals surface area contributed by atoms with E-state index in [4.69, 9.17) is 0 Å². The Labute approximate surface area is 118 Å². The third kappa shape index (κ3) is 5.77. The van der Waals surface area contributed by atoms with Gasteiger partial charge in [0.15, 0.2) is 0 Å². The van der Waals surface area contributed by atoms with Crippen LogP contribution in [0.5, 0.6) is 0 Å². The first-order valence-electron chi connectivity index (χ1n) is 6.89. The first kappa shape index (κ1) is 16.1. The van der Waals surface area contributed by atoms with Crippen LogP contribution in [-0.4, -0.2) is 23.6 Å². The highest BCUT2D eigenvalue weighted by atomic mass is 16.2. The lowest BCUT2D eigenvalue weighted by molar-refractivity contribution is -0.126. The Morgan fingerprint density at radius 2 is 1.65 bits per heavy atom. The van der Waals surface area contributed by atoms with Gasteiger partial charge in [0.05, 0.1) is 0 Å². The molecule has 2 N–H and O–H groups in total. The van der Waals surface area contributed by atoms with Gasteiger partial charge in [0.25, 0.3) is 11.8 Å². The van der Waals surface area contributed by atoms with Gasteiger partial charge in [-0.2, -0.15) is 0 Å². The summed E-state index contributed by atoms with van der Waals surface area (Å²) >= 11 is 0. The van der Waals surface area contributed by atoms with Gasteiger partial charge in [0.2, 0.25) is 11.8 Å². The second kappa shape index (κ2) is 8.24. The molecule has 0 bridgehead atoms. The van der Waals surface area contributed by atoms with Gasteiger partial charge in [-0.05, 0) is 6.42 Å². The molecule has 110 valence electrons. The fourth-order valence-corrected chi connectivity index (χ4v) is 2.01. The molecule has 1 unspecified atom stereocenters. The van der Waals surface area contributed by atoms with Crippen LogP contribution >= 0.6 is 0 Å². The van der Waals surface area contributed by atoms with E-state index >= 15 is 0 Å². The topological polar surface area (TPSA) is 92.3 Å². The lowest BCUT2D eigenvalue weighted by Gasteiger charge is -2.03. The number of imide groups is 2. The predicted octanol–water partition coefficient (Wildman–Crippen LogP) is 0.818. The van der Waals surface area contributed by atoms with Crippen LogP contribution in [0, 0.1) is 5.92 Å². The normalized spacial score (nSPS) is 20.6. The Hall–Kier alpha value is -1.98. The monoisotopic (exact) mass is 280 g/mol. The number of amides is 4. The number of carbonyl (C=O) groups excluding carboxylic acids is 4. The fourth-order valence-electron chi connectivity index (χ4n) is 2.01. The molecule has 6 heteroatoms. The molecule has 0 saturated carbocycles. The molecule has 0 aromatic heterocycles. The van der Waals surface area contributed by atoms with Crippen LogP contribution in [0.4, 0.5) is 0 Å². The standard InChI is InChI=1S/C10H17NO2.C4H3NO2/c1-2-3-4-5-6-8-7-9(12)11-10(8)13;6-3-1-2-4(7)5-3/h8H,2-7H2,1H3,(H,11,12,13);1-2H,(H,5,6,7). The molecular weight excluding hydrogens is 260 g/mol. The van der Waals surface area contributed by atoms with E-state index < -0.39 is 0 Å². The van der Waals surface area contributed by atoms with Crippen molar-refractivity contribution in [2.75, 3.05) is 0 Å². The van der Waals surface area contributed by atoms with Crippen molar-refractivity contribution in [2.24, 2.45) is 5.92 Å². The molecule has 1 fully saturated rings. The predicted molar refractivity (Wildman–Crippen MR) is 72.3 cm³/mol. The highest BCUT2D eigenvalue weighted by Crippen LogP contribution is 2.18. The van der Waals surface area contributed by atoms with Crippen LogP contribution in [0.15, 0.2) is 12.2 Å². The third-order valence-electron chi connectivity index (χ3n) is 3.10. The molecule has 2 heterocycles. The third-order valence-corrected chi connectivity index (χ3v) is 3.10. The average molecular weight is 280 g/mol. The second-order valence-corrected chi connectivity index (χ2v) is 4.85. The van der Waals surface area contributed by atoms with Crippen molar-refractivity contribution in [3.05, 3.63) is 12.2 Å². The quantitative estimate of drug-likeness (QED) is 0.576. The lowest BCUT2D eigenvalue weighted by atomic mass is 9.99. The van der Waals surface area contributed by atoms with Crippen LogP contribution in [0.1, 0.15) is 45.4 Å². The summed E-state index contributed by atoms with van der Waals surface area (Å²) in [5, 5.41) is 4.36. The molecular formula is C14H20N2O4. The van der Waals surface area contributed by atoms with Gasteiger partial charge < -0.3 is 0 Å². The molecule has 0 spiro atoms. The minimum atomic E-state index is -0.329. The summed E-state index contributed by atoms with van der Waals surface area (Å²) in [5.74, 6) is -0.869. The molecule has 0 aromatic rings. The van der Waals surface area contributed by atoms with Crippen LogP contribution < -0.4 is 10.6 Å². The van der Waals surface area contributed by atoms with Crippen molar-refractivity contribution in [3.8, 4) is 0 Å². The molecule has 1 saturated heterocycles. The molecule has 0 radical (unpaired) electrons. The van der Waals surface area contributed by atoms with Gasteiger partial charge in [-0.15, -0.1) is 0 Å². The maximum absolute atomic E-state index is 11.1.